The maximum atomic E-state index is 11.9. The molecule has 4 aliphatic carbocycles. The molecule has 0 amide bonds. The Kier molecular flexibility index (Phi) is 5.49. The Morgan fingerprint density at radius 1 is 1.17 bits per heavy atom. The van der Waals surface area contributed by atoms with Crippen molar-refractivity contribution in [3.63, 3.8) is 0 Å². The van der Waals surface area contributed by atoms with E-state index >= 15 is 0 Å². The summed E-state index contributed by atoms with van der Waals surface area (Å²) in [7, 11) is 0. The molecule has 4 heteroatoms. The quantitative estimate of drug-likeness (QED) is 0.658. The highest BCUT2D eigenvalue weighted by Crippen LogP contribution is 2.69. The first-order valence-electron chi connectivity index (χ1n) is 11.9. The Morgan fingerprint density at radius 2 is 1.93 bits per heavy atom. The largest absolute Gasteiger partial charge is 0.481 e. The summed E-state index contributed by atoms with van der Waals surface area (Å²) in [5, 5.41) is 19.4. The molecule has 2 N–H and O–H groups in total. The highest BCUT2D eigenvalue weighted by molar-refractivity contribution is 5.66. The van der Waals surface area contributed by atoms with Gasteiger partial charge in [-0.2, -0.15) is 0 Å². The van der Waals surface area contributed by atoms with E-state index in [9.17, 15) is 14.7 Å². The van der Waals surface area contributed by atoms with E-state index in [1.54, 1.807) is 0 Å². The summed E-state index contributed by atoms with van der Waals surface area (Å²) in [6, 6.07) is 0. The summed E-state index contributed by atoms with van der Waals surface area (Å²) in [5.74, 6) is 4.98. The number of carbonyl (C=O) groups excluding carboxylic acids is 1. The first-order valence-corrected chi connectivity index (χ1v) is 11.9. The van der Waals surface area contributed by atoms with Crippen molar-refractivity contribution in [2.75, 3.05) is 0 Å². The van der Waals surface area contributed by atoms with E-state index in [1.807, 2.05) is 0 Å². The molecule has 0 aromatic carbocycles. The van der Waals surface area contributed by atoms with Crippen molar-refractivity contribution >= 4 is 11.9 Å². The third-order valence-electron chi connectivity index (χ3n) is 10.2. The molecule has 0 heterocycles. The Labute approximate surface area is 175 Å². The molecule has 4 saturated carbocycles. The predicted octanol–water partition coefficient (Wildman–Crippen LogP) is 4.88. The van der Waals surface area contributed by atoms with Crippen LogP contribution in [0.3, 0.4) is 0 Å². The standard InChI is InChI=1S/C25H38O4/c1-15(4-9-23(28)29)20-7-8-21-19-6-5-16-12-18(27)13-17(14-26)25(16,3)22(19)10-11-24(20,21)2/h15-16,18-22,27H,4-13H2,1-3H3,(H,28,29)/t15-,16?,18+,19+,20-,21+,22+,24-,25-/m1/s1. The molecule has 0 aromatic rings. The van der Waals surface area contributed by atoms with Crippen LogP contribution in [0.25, 0.3) is 0 Å². The van der Waals surface area contributed by atoms with Gasteiger partial charge in [0, 0.05) is 23.8 Å². The molecule has 4 rings (SSSR count). The average molecular weight is 403 g/mol. The van der Waals surface area contributed by atoms with Crippen molar-refractivity contribution in [1.82, 2.24) is 0 Å². The van der Waals surface area contributed by atoms with Crippen LogP contribution in [0.4, 0.5) is 0 Å². The van der Waals surface area contributed by atoms with Crippen molar-refractivity contribution in [2.45, 2.75) is 91.1 Å². The lowest BCUT2D eigenvalue weighted by Gasteiger charge is -2.61. The zero-order valence-electron chi connectivity index (χ0n) is 18.3. The van der Waals surface area contributed by atoms with Gasteiger partial charge in [0.1, 0.15) is 5.94 Å². The lowest BCUT2D eigenvalue weighted by molar-refractivity contribution is -0.137. The van der Waals surface area contributed by atoms with E-state index in [-0.39, 0.29) is 17.9 Å². The number of carboxylic acids is 1. The molecular weight excluding hydrogens is 364 g/mol. The molecule has 4 nitrogen and oxygen atoms in total. The van der Waals surface area contributed by atoms with Gasteiger partial charge in [-0.25, -0.2) is 4.79 Å². The third kappa shape index (κ3) is 3.22. The van der Waals surface area contributed by atoms with E-state index in [2.05, 4.69) is 26.7 Å². The van der Waals surface area contributed by atoms with Gasteiger partial charge >= 0.3 is 5.97 Å². The molecule has 29 heavy (non-hydrogen) atoms. The number of aliphatic hydroxyl groups excluding tert-OH is 1. The number of aliphatic hydroxyl groups is 1. The van der Waals surface area contributed by atoms with Crippen molar-refractivity contribution in [2.24, 2.45) is 46.3 Å². The van der Waals surface area contributed by atoms with Gasteiger partial charge in [-0.15, -0.1) is 0 Å². The zero-order chi connectivity index (χ0) is 21.0. The number of aliphatic carboxylic acids is 1. The Hall–Kier alpha value is -1.12. The Bertz CT molecular complexity index is 710. The number of hydrogen-bond donors (Lipinski definition) is 2. The van der Waals surface area contributed by atoms with Gasteiger partial charge in [0.2, 0.25) is 0 Å². The Morgan fingerprint density at radius 3 is 2.62 bits per heavy atom. The summed E-state index contributed by atoms with van der Waals surface area (Å²) in [5.41, 5.74) is 1.07. The van der Waals surface area contributed by atoms with Gasteiger partial charge in [0.15, 0.2) is 0 Å². The normalized spacial score (nSPS) is 47.5. The second-order valence-corrected chi connectivity index (χ2v) is 11.2. The van der Waals surface area contributed by atoms with Gasteiger partial charge in [-0.1, -0.05) is 20.8 Å². The second kappa shape index (κ2) is 7.54. The fourth-order valence-electron chi connectivity index (χ4n) is 8.81. The maximum absolute atomic E-state index is 11.9. The molecule has 162 valence electrons. The molecule has 9 atom stereocenters. The third-order valence-corrected chi connectivity index (χ3v) is 10.2. The minimum Gasteiger partial charge on any atom is -0.481 e. The maximum Gasteiger partial charge on any atom is 0.303 e. The van der Waals surface area contributed by atoms with E-state index in [1.165, 1.54) is 25.7 Å². The molecule has 0 spiro atoms. The van der Waals surface area contributed by atoms with Crippen LogP contribution in [0, 0.1) is 46.3 Å². The minimum atomic E-state index is -0.681. The van der Waals surface area contributed by atoms with Gasteiger partial charge in [-0.3, -0.25) is 4.79 Å². The molecule has 0 aromatic heterocycles. The van der Waals surface area contributed by atoms with Crippen LogP contribution in [0.1, 0.15) is 85.0 Å². The summed E-state index contributed by atoms with van der Waals surface area (Å²) < 4.78 is 0. The highest BCUT2D eigenvalue weighted by Gasteiger charge is 2.61. The number of carbonyl (C=O) groups is 1. The van der Waals surface area contributed by atoms with Gasteiger partial charge < -0.3 is 10.2 Å². The van der Waals surface area contributed by atoms with E-state index in [0.29, 0.717) is 47.3 Å². The summed E-state index contributed by atoms with van der Waals surface area (Å²) in [6.45, 7) is 7.06. The number of hydrogen-bond acceptors (Lipinski definition) is 3. The van der Waals surface area contributed by atoms with Crippen molar-refractivity contribution in [3.05, 3.63) is 5.57 Å². The van der Waals surface area contributed by atoms with Crippen molar-refractivity contribution in [1.29, 1.82) is 0 Å². The van der Waals surface area contributed by atoms with E-state index in [4.69, 9.17) is 5.11 Å². The number of fused-ring (bicyclic) bond motifs is 5. The monoisotopic (exact) mass is 402 g/mol. The number of carboxylic acid groups (broad SMARTS) is 1. The number of rotatable bonds is 4. The predicted molar refractivity (Wildman–Crippen MR) is 112 cm³/mol. The lowest BCUT2D eigenvalue weighted by Crippen LogP contribution is -2.55. The molecule has 1 unspecified atom stereocenters. The van der Waals surface area contributed by atoms with Gasteiger partial charge in [0.25, 0.3) is 0 Å². The second-order valence-electron chi connectivity index (χ2n) is 11.2. The molecule has 4 aliphatic rings. The fourth-order valence-corrected chi connectivity index (χ4v) is 8.81. The van der Waals surface area contributed by atoms with Crippen LogP contribution in [-0.2, 0) is 9.59 Å². The molecular formula is C25H38O4. The zero-order valence-corrected chi connectivity index (χ0v) is 18.3. The SMILES string of the molecule is C[C@H](CCC(=O)O)[C@H]1CC[C@H]2[C@@H]3CCC4C[C@H](O)CC(=C=O)[C@]4(C)[C@H]3CC[C@]12C. The summed E-state index contributed by atoms with van der Waals surface area (Å²) in [4.78, 5) is 22.9. The summed E-state index contributed by atoms with van der Waals surface area (Å²) >= 11 is 0. The first kappa shape index (κ1) is 21.1. The highest BCUT2D eigenvalue weighted by atomic mass is 16.4. The average Bonchev–Trinajstić information content (AvgIpc) is 3.03. The molecule has 0 bridgehead atoms. The summed E-state index contributed by atoms with van der Waals surface area (Å²) in [6.07, 6.45) is 9.20. The van der Waals surface area contributed by atoms with Crippen LogP contribution in [-0.4, -0.2) is 28.2 Å². The van der Waals surface area contributed by atoms with E-state index < -0.39 is 5.97 Å². The van der Waals surface area contributed by atoms with Crippen LogP contribution in [0.15, 0.2) is 5.57 Å². The smallest absolute Gasteiger partial charge is 0.303 e. The van der Waals surface area contributed by atoms with Gasteiger partial charge in [-0.05, 0) is 92.3 Å². The fraction of sp³-hybridized carbons (Fsp3) is 0.880. The van der Waals surface area contributed by atoms with Crippen LogP contribution in [0.2, 0.25) is 0 Å². The topological polar surface area (TPSA) is 74.6 Å². The van der Waals surface area contributed by atoms with E-state index in [0.717, 1.165) is 31.3 Å². The van der Waals surface area contributed by atoms with Crippen molar-refractivity contribution < 1.29 is 19.8 Å². The van der Waals surface area contributed by atoms with Gasteiger partial charge in [0.05, 0.1) is 6.10 Å². The molecule has 4 fully saturated rings. The molecule has 0 radical (unpaired) electrons. The molecule has 0 aliphatic heterocycles. The van der Waals surface area contributed by atoms with Crippen LogP contribution >= 0.6 is 0 Å². The van der Waals surface area contributed by atoms with Crippen LogP contribution < -0.4 is 0 Å². The molecule has 0 saturated heterocycles. The van der Waals surface area contributed by atoms with Crippen LogP contribution in [0.5, 0.6) is 0 Å². The lowest BCUT2D eigenvalue weighted by atomic mass is 9.43. The Balaban J connectivity index is 1.58. The first-order chi connectivity index (χ1) is 13.7. The minimum absolute atomic E-state index is 0.0851. The van der Waals surface area contributed by atoms with Crippen molar-refractivity contribution in [3.8, 4) is 0 Å².